The highest BCUT2D eigenvalue weighted by atomic mass is 15.3. The number of imidazole rings is 1. The van der Waals surface area contributed by atoms with Gasteiger partial charge in [0.15, 0.2) is 5.96 Å². The van der Waals surface area contributed by atoms with Gasteiger partial charge in [-0.3, -0.25) is 9.89 Å². The molecule has 1 aliphatic heterocycles. The molecule has 1 aliphatic rings. The number of hydrogen-bond donors (Lipinski definition) is 2. The van der Waals surface area contributed by atoms with Crippen LogP contribution in [0, 0.1) is 0 Å². The Morgan fingerprint density at radius 3 is 2.64 bits per heavy atom. The second-order valence-corrected chi connectivity index (χ2v) is 7.58. The van der Waals surface area contributed by atoms with Crippen molar-refractivity contribution < 1.29 is 0 Å². The molecule has 2 N–H and O–H groups in total. The Kier molecular flexibility index (Phi) is 7.06. The van der Waals surface area contributed by atoms with Crippen molar-refractivity contribution in [1.82, 2.24) is 30.0 Å². The molecule has 1 unspecified atom stereocenters. The SMILES string of the molecule is CN=C(NCC(C)N1CCN(C)CC1)N(C)Cc1ncc(-c2ccccc2)[nH]1. The fraction of sp³-hybridized carbons (Fsp3) is 0.524. The van der Waals surface area contributed by atoms with Crippen molar-refractivity contribution in [2.75, 3.05) is 53.9 Å². The van der Waals surface area contributed by atoms with Gasteiger partial charge in [0.25, 0.3) is 0 Å². The van der Waals surface area contributed by atoms with E-state index in [9.17, 15) is 0 Å². The molecule has 1 fully saturated rings. The van der Waals surface area contributed by atoms with Gasteiger partial charge in [0.1, 0.15) is 5.82 Å². The van der Waals surface area contributed by atoms with Crippen LogP contribution in [0.5, 0.6) is 0 Å². The number of aromatic nitrogens is 2. The van der Waals surface area contributed by atoms with E-state index in [1.165, 1.54) is 0 Å². The summed E-state index contributed by atoms with van der Waals surface area (Å²) in [6, 6.07) is 10.7. The molecule has 7 nitrogen and oxygen atoms in total. The second kappa shape index (κ2) is 9.71. The minimum absolute atomic E-state index is 0.479. The van der Waals surface area contributed by atoms with Crippen molar-refractivity contribution in [3.05, 3.63) is 42.4 Å². The second-order valence-electron chi connectivity index (χ2n) is 7.58. The average Bonchev–Trinajstić information content (AvgIpc) is 3.18. The number of likely N-dealkylation sites (N-methyl/N-ethyl adjacent to an activating group) is 1. The van der Waals surface area contributed by atoms with Crippen LogP contribution in [-0.2, 0) is 6.54 Å². The van der Waals surface area contributed by atoms with Crippen molar-refractivity contribution in [1.29, 1.82) is 0 Å². The van der Waals surface area contributed by atoms with Crippen LogP contribution in [0.15, 0.2) is 41.5 Å². The molecule has 0 aliphatic carbocycles. The Hall–Kier alpha value is -2.38. The molecule has 2 aromatic rings. The van der Waals surface area contributed by atoms with Crippen LogP contribution >= 0.6 is 0 Å². The van der Waals surface area contributed by atoms with Crippen molar-refractivity contribution in [3.8, 4) is 11.3 Å². The number of aliphatic imine (C=N–C) groups is 1. The summed E-state index contributed by atoms with van der Waals surface area (Å²) in [6.07, 6.45) is 1.89. The molecule has 1 atom stereocenters. The van der Waals surface area contributed by atoms with E-state index in [1.807, 2.05) is 38.5 Å². The van der Waals surface area contributed by atoms with Gasteiger partial charge < -0.3 is 20.1 Å². The quantitative estimate of drug-likeness (QED) is 0.587. The Morgan fingerprint density at radius 2 is 1.96 bits per heavy atom. The van der Waals surface area contributed by atoms with Gasteiger partial charge in [-0.15, -0.1) is 0 Å². The predicted molar refractivity (Wildman–Crippen MR) is 115 cm³/mol. The van der Waals surface area contributed by atoms with Crippen molar-refractivity contribution in [3.63, 3.8) is 0 Å². The third kappa shape index (κ3) is 5.33. The van der Waals surface area contributed by atoms with Crippen LogP contribution in [0.3, 0.4) is 0 Å². The molecule has 152 valence electrons. The Morgan fingerprint density at radius 1 is 1.25 bits per heavy atom. The van der Waals surface area contributed by atoms with E-state index in [0.717, 1.165) is 55.8 Å². The van der Waals surface area contributed by atoms with Crippen LogP contribution in [-0.4, -0.2) is 90.5 Å². The molecule has 1 saturated heterocycles. The molecule has 3 rings (SSSR count). The zero-order chi connectivity index (χ0) is 19.9. The summed E-state index contributed by atoms with van der Waals surface area (Å²) in [7, 11) is 6.06. The van der Waals surface area contributed by atoms with E-state index in [-0.39, 0.29) is 0 Å². The molecule has 7 heteroatoms. The number of aromatic amines is 1. The normalized spacial score (nSPS) is 17.5. The molecule has 0 bridgehead atoms. The van der Waals surface area contributed by atoms with Crippen LogP contribution in [0.25, 0.3) is 11.3 Å². The minimum atomic E-state index is 0.479. The van der Waals surface area contributed by atoms with E-state index < -0.39 is 0 Å². The fourth-order valence-corrected chi connectivity index (χ4v) is 3.52. The number of rotatable bonds is 6. The van der Waals surface area contributed by atoms with Crippen molar-refractivity contribution in [2.24, 2.45) is 4.99 Å². The first-order valence-electron chi connectivity index (χ1n) is 10.0. The van der Waals surface area contributed by atoms with Gasteiger partial charge in [-0.2, -0.15) is 0 Å². The Labute approximate surface area is 168 Å². The molecule has 0 saturated carbocycles. The van der Waals surface area contributed by atoms with Crippen LogP contribution in [0.2, 0.25) is 0 Å². The van der Waals surface area contributed by atoms with Gasteiger partial charge in [-0.05, 0) is 19.5 Å². The first kappa shape index (κ1) is 20.4. The maximum Gasteiger partial charge on any atom is 0.193 e. The van der Waals surface area contributed by atoms with Gasteiger partial charge in [0, 0.05) is 52.9 Å². The third-order valence-electron chi connectivity index (χ3n) is 5.39. The largest absolute Gasteiger partial charge is 0.355 e. The summed E-state index contributed by atoms with van der Waals surface area (Å²) in [5.41, 5.74) is 2.18. The number of hydrogen-bond acceptors (Lipinski definition) is 4. The summed E-state index contributed by atoms with van der Waals surface area (Å²) in [5.74, 6) is 1.81. The molecule has 1 aromatic carbocycles. The van der Waals surface area contributed by atoms with Crippen LogP contribution < -0.4 is 5.32 Å². The number of piperazine rings is 1. The van der Waals surface area contributed by atoms with Gasteiger partial charge in [0.05, 0.1) is 18.4 Å². The first-order chi connectivity index (χ1) is 13.6. The monoisotopic (exact) mass is 383 g/mol. The maximum atomic E-state index is 4.53. The first-order valence-corrected chi connectivity index (χ1v) is 10.0. The highest BCUT2D eigenvalue weighted by molar-refractivity contribution is 5.79. The minimum Gasteiger partial charge on any atom is -0.355 e. The van der Waals surface area contributed by atoms with Gasteiger partial charge in [0.2, 0.25) is 0 Å². The molecule has 0 spiro atoms. The Balaban J connectivity index is 1.51. The third-order valence-corrected chi connectivity index (χ3v) is 5.39. The lowest BCUT2D eigenvalue weighted by molar-refractivity contribution is 0.119. The molecular weight excluding hydrogens is 350 g/mol. The zero-order valence-corrected chi connectivity index (χ0v) is 17.5. The number of benzene rings is 1. The number of guanidine groups is 1. The van der Waals surface area contributed by atoms with Crippen LogP contribution in [0.4, 0.5) is 0 Å². The average molecular weight is 384 g/mol. The molecule has 0 radical (unpaired) electrons. The topological polar surface area (TPSA) is 62.8 Å². The fourth-order valence-electron chi connectivity index (χ4n) is 3.52. The Bertz CT molecular complexity index is 747. The summed E-state index contributed by atoms with van der Waals surface area (Å²) >= 11 is 0. The summed E-state index contributed by atoms with van der Waals surface area (Å²) in [5, 5.41) is 3.52. The highest BCUT2D eigenvalue weighted by Gasteiger charge is 2.19. The molecule has 1 aromatic heterocycles. The van der Waals surface area contributed by atoms with Gasteiger partial charge in [-0.25, -0.2) is 4.98 Å². The predicted octanol–water partition coefficient (Wildman–Crippen LogP) is 1.72. The van der Waals surface area contributed by atoms with E-state index in [4.69, 9.17) is 0 Å². The van der Waals surface area contributed by atoms with Crippen molar-refractivity contribution in [2.45, 2.75) is 19.5 Å². The lowest BCUT2D eigenvalue weighted by Gasteiger charge is -2.37. The van der Waals surface area contributed by atoms with Crippen LogP contribution in [0.1, 0.15) is 12.7 Å². The number of nitrogens with one attached hydrogen (secondary N) is 2. The lowest BCUT2D eigenvalue weighted by atomic mass is 10.2. The zero-order valence-electron chi connectivity index (χ0n) is 17.5. The molecule has 2 heterocycles. The molecule has 0 amide bonds. The smallest absolute Gasteiger partial charge is 0.193 e. The standard InChI is InChI=1S/C21H33N7/c1-17(28-12-10-26(3)11-13-28)14-24-21(22-2)27(4)16-20-23-15-19(25-20)18-8-6-5-7-9-18/h5-9,15,17H,10-14,16H2,1-4H3,(H,22,24)(H,23,25). The van der Waals surface area contributed by atoms with E-state index in [1.54, 1.807) is 0 Å². The number of H-pyrrole nitrogens is 1. The van der Waals surface area contributed by atoms with E-state index >= 15 is 0 Å². The lowest BCUT2D eigenvalue weighted by Crippen LogP contribution is -2.52. The molecule has 28 heavy (non-hydrogen) atoms. The van der Waals surface area contributed by atoms with E-state index in [0.29, 0.717) is 12.6 Å². The maximum absolute atomic E-state index is 4.53. The number of nitrogens with zero attached hydrogens (tertiary/aromatic N) is 5. The summed E-state index contributed by atoms with van der Waals surface area (Å²) in [6.45, 7) is 8.38. The summed E-state index contributed by atoms with van der Waals surface area (Å²) < 4.78 is 0. The summed E-state index contributed by atoms with van der Waals surface area (Å²) in [4.78, 5) is 19.4. The van der Waals surface area contributed by atoms with E-state index in [2.05, 4.69) is 61.1 Å². The van der Waals surface area contributed by atoms with Gasteiger partial charge in [-0.1, -0.05) is 30.3 Å². The highest BCUT2D eigenvalue weighted by Crippen LogP contribution is 2.16. The van der Waals surface area contributed by atoms with Gasteiger partial charge >= 0.3 is 0 Å². The molecular formula is C21H33N7. The van der Waals surface area contributed by atoms with Crippen molar-refractivity contribution >= 4 is 5.96 Å².